The van der Waals surface area contributed by atoms with Gasteiger partial charge in [-0.1, -0.05) is 18.2 Å². The molecular weight excluding hydrogens is 245 g/mol. The molecule has 1 aromatic heterocycles. The quantitative estimate of drug-likeness (QED) is 0.856. The van der Waals surface area contributed by atoms with Gasteiger partial charge in [-0.15, -0.1) is 11.3 Å². The molecule has 1 aromatic carbocycles. The maximum atomic E-state index is 13.9. The van der Waals surface area contributed by atoms with Crippen molar-refractivity contribution in [1.29, 1.82) is 0 Å². The Labute approximate surface area is 112 Å². The van der Waals surface area contributed by atoms with Crippen molar-refractivity contribution in [3.63, 3.8) is 0 Å². The van der Waals surface area contributed by atoms with E-state index in [1.807, 2.05) is 26.1 Å². The predicted molar refractivity (Wildman–Crippen MR) is 75.6 cm³/mol. The maximum absolute atomic E-state index is 13.9. The fourth-order valence-corrected chi connectivity index (χ4v) is 2.84. The van der Waals surface area contributed by atoms with Crippen molar-refractivity contribution in [3.8, 4) is 0 Å². The molecule has 1 N–H and O–H groups in total. The lowest BCUT2D eigenvalue weighted by Gasteiger charge is -2.17. The van der Waals surface area contributed by atoms with Crippen molar-refractivity contribution in [2.45, 2.75) is 25.8 Å². The van der Waals surface area contributed by atoms with Gasteiger partial charge >= 0.3 is 0 Å². The molecule has 0 amide bonds. The Balaban J connectivity index is 2.08. The van der Waals surface area contributed by atoms with Crippen LogP contribution in [-0.2, 0) is 6.42 Å². The smallest absolute Gasteiger partial charge is 0.128 e. The van der Waals surface area contributed by atoms with Crippen molar-refractivity contribution in [1.82, 2.24) is 5.32 Å². The van der Waals surface area contributed by atoms with Gasteiger partial charge in [0.1, 0.15) is 5.82 Å². The molecule has 3 heteroatoms. The molecule has 0 spiro atoms. The summed E-state index contributed by atoms with van der Waals surface area (Å²) in [7, 11) is 1.89. The second-order valence-electron chi connectivity index (χ2n) is 4.48. The molecule has 0 radical (unpaired) electrons. The van der Waals surface area contributed by atoms with Crippen molar-refractivity contribution < 1.29 is 4.39 Å². The zero-order chi connectivity index (χ0) is 13.0. The monoisotopic (exact) mass is 263 g/mol. The summed E-state index contributed by atoms with van der Waals surface area (Å²) in [4.78, 5) is 1.35. The Bertz CT molecular complexity index is 493. The summed E-state index contributed by atoms with van der Waals surface area (Å²) in [6.45, 7) is 1.91. The lowest BCUT2D eigenvalue weighted by atomic mass is 10.00. The predicted octanol–water partition coefficient (Wildman–Crippen LogP) is 4.09. The molecule has 0 aliphatic carbocycles. The lowest BCUT2D eigenvalue weighted by Crippen LogP contribution is -2.18. The summed E-state index contributed by atoms with van der Waals surface area (Å²) in [6.07, 6.45) is 1.90. The van der Waals surface area contributed by atoms with Crippen LogP contribution in [0.4, 0.5) is 4.39 Å². The van der Waals surface area contributed by atoms with Crippen LogP contribution in [0.25, 0.3) is 0 Å². The first-order valence-corrected chi connectivity index (χ1v) is 7.04. The zero-order valence-electron chi connectivity index (χ0n) is 10.7. The van der Waals surface area contributed by atoms with E-state index < -0.39 is 0 Å². The SMILES string of the molecule is CNC(CCc1cccs1)c1ccc(C)cc1F. The highest BCUT2D eigenvalue weighted by Crippen LogP contribution is 2.23. The first-order chi connectivity index (χ1) is 8.70. The van der Waals surface area contributed by atoms with Crippen molar-refractivity contribution >= 4 is 11.3 Å². The number of hydrogen-bond donors (Lipinski definition) is 1. The fraction of sp³-hybridized carbons (Fsp3) is 0.333. The van der Waals surface area contributed by atoms with Crippen LogP contribution >= 0.6 is 11.3 Å². The molecule has 0 aliphatic rings. The molecule has 0 saturated carbocycles. The minimum absolute atomic E-state index is 0.0766. The molecule has 1 unspecified atom stereocenters. The molecule has 0 saturated heterocycles. The van der Waals surface area contributed by atoms with Crippen LogP contribution in [0.5, 0.6) is 0 Å². The van der Waals surface area contributed by atoms with Crippen molar-refractivity contribution in [3.05, 3.63) is 57.5 Å². The highest BCUT2D eigenvalue weighted by Gasteiger charge is 2.14. The summed E-state index contributed by atoms with van der Waals surface area (Å²) in [5, 5.41) is 5.29. The van der Waals surface area contributed by atoms with Crippen molar-refractivity contribution in [2.24, 2.45) is 0 Å². The fourth-order valence-electron chi connectivity index (χ4n) is 2.11. The van der Waals surface area contributed by atoms with Crippen LogP contribution < -0.4 is 5.32 Å². The Hall–Kier alpha value is -1.19. The van der Waals surface area contributed by atoms with Gasteiger partial charge in [0.2, 0.25) is 0 Å². The number of nitrogens with one attached hydrogen (secondary N) is 1. The van der Waals surface area contributed by atoms with Crippen molar-refractivity contribution in [2.75, 3.05) is 7.05 Å². The summed E-state index contributed by atoms with van der Waals surface area (Å²) in [5.74, 6) is -0.111. The Morgan fingerprint density at radius 1 is 1.33 bits per heavy atom. The van der Waals surface area contributed by atoms with E-state index in [1.165, 1.54) is 4.88 Å². The molecule has 2 aromatic rings. The Kier molecular flexibility index (Phi) is 4.50. The maximum Gasteiger partial charge on any atom is 0.128 e. The lowest BCUT2D eigenvalue weighted by molar-refractivity contribution is 0.509. The number of benzene rings is 1. The summed E-state index contributed by atoms with van der Waals surface area (Å²) in [5.41, 5.74) is 1.73. The van der Waals surface area contributed by atoms with Gasteiger partial charge in [0.25, 0.3) is 0 Å². The number of halogens is 1. The minimum Gasteiger partial charge on any atom is -0.313 e. The van der Waals surface area contributed by atoms with E-state index in [2.05, 4.69) is 22.8 Å². The first kappa shape index (κ1) is 13.2. The summed E-state index contributed by atoms with van der Waals surface area (Å²) >= 11 is 1.76. The van der Waals surface area contributed by atoms with E-state index in [4.69, 9.17) is 0 Å². The third kappa shape index (κ3) is 3.18. The Morgan fingerprint density at radius 3 is 2.78 bits per heavy atom. The van der Waals surface area contributed by atoms with Crippen LogP contribution in [0, 0.1) is 12.7 Å². The number of thiophene rings is 1. The molecule has 0 bridgehead atoms. The normalized spacial score (nSPS) is 12.6. The van der Waals surface area contributed by atoms with Gasteiger partial charge in [-0.2, -0.15) is 0 Å². The second-order valence-corrected chi connectivity index (χ2v) is 5.52. The largest absolute Gasteiger partial charge is 0.313 e. The number of aryl methyl sites for hydroxylation is 2. The minimum atomic E-state index is -0.111. The molecule has 96 valence electrons. The van der Waals surface area contributed by atoms with E-state index in [-0.39, 0.29) is 11.9 Å². The van der Waals surface area contributed by atoms with E-state index >= 15 is 0 Å². The second kappa shape index (κ2) is 6.12. The molecule has 2 rings (SSSR count). The van der Waals surface area contributed by atoms with Crippen LogP contribution in [-0.4, -0.2) is 7.05 Å². The van der Waals surface area contributed by atoms with Crippen LogP contribution in [0.15, 0.2) is 35.7 Å². The molecule has 1 nitrogen and oxygen atoms in total. The number of rotatable bonds is 5. The molecule has 1 heterocycles. The van der Waals surface area contributed by atoms with Crippen LogP contribution in [0.2, 0.25) is 0 Å². The highest BCUT2D eigenvalue weighted by molar-refractivity contribution is 7.09. The van der Waals surface area contributed by atoms with E-state index in [0.717, 1.165) is 24.0 Å². The molecule has 18 heavy (non-hydrogen) atoms. The van der Waals surface area contributed by atoms with Gasteiger partial charge in [-0.25, -0.2) is 4.39 Å². The highest BCUT2D eigenvalue weighted by atomic mass is 32.1. The van der Waals surface area contributed by atoms with E-state index in [1.54, 1.807) is 17.4 Å². The molecule has 1 atom stereocenters. The molecule has 0 fully saturated rings. The third-order valence-electron chi connectivity index (χ3n) is 3.14. The average Bonchev–Trinajstić information content (AvgIpc) is 2.85. The molecule has 0 aliphatic heterocycles. The van der Waals surface area contributed by atoms with Gasteiger partial charge in [0, 0.05) is 16.5 Å². The molecular formula is C15H18FNS. The number of hydrogen-bond acceptors (Lipinski definition) is 2. The van der Waals surface area contributed by atoms with Gasteiger partial charge in [0.05, 0.1) is 0 Å². The van der Waals surface area contributed by atoms with Gasteiger partial charge in [-0.05, 0) is 49.9 Å². The van der Waals surface area contributed by atoms with E-state index in [9.17, 15) is 4.39 Å². The van der Waals surface area contributed by atoms with Gasteiger partial charge in [0.15, 0.2) is 0 Å². The topological polar surface area (TPSA) is 12.0 Å². The Morgan fingerprint density at radius 2 is 2.17 bits per heavy atom. The van der Waals surface area contributed by atoms with Crippen LogP contribution in [0.3, 0.4) is 0 Å². The standard InChI is InChI=1S/C15H18FNS/c1-11-5-7-13(14(16)10-11)15(17-2)8-6-12-4-3-9-18-12/h3-5,7,9-10,15,17H,6,8H2,1-2H3. The zero-order valence-corrected chi connectivity index (χ0v) is 11.6. The summed E-state index contributed by atoms with van der Waals surface area (Å²) in [6, 6.07) is 9.72. The van der Waals surface area contributed by atoms with Gasteiger partial charge in [-0.3, -0.25) is 0 Å². The summed E-state index contributed by atoms with van der Waals surface area (Å²) < 4.78 is 13.9. The first-order valence-electron chi connectivity index (χ1n) is 6.16. The third-order valence-corrected chi connectivity index (χ3v) is 4.08. The van der Waals surface area contributed by atoms with Crippen LogP contribution in [0.1, 0.15) is 28.5 Å². The van der Waals surface area contributed by atoms with E-state index in [0.29, 0.717) is 0 Å². The van der Waals surface area contributed by atoms with Gasteiger partial charge < -0.3 is 5.32 Å². The average molecular weight is 263 g/mol.